The van der Waals surface area contributed by atoms with Crippen molar-refractivity contribution in [3.05, 3.63) is 71.4 Å². The van der Waals surface area contributed by atoms with Gasteiger partial charge in [0.2, 0.25) is 5.91 Å². The number of imide groups is 1. The van der Waals surface area contributed by atoms with Crippen molar-refractivity contribution < 1.29 is 18.4 Å². The number of aromatic nitrogens is 1. The maximum Gasteiger partial charge on any atom is 0.289 e. The lowest BCUT2D eigenvalue weighted by molar-refractivity contribution is -0.124. The molecule has 4 rings (SSSR count). The van der Waals surface area contributed by atoms with Crippen LogP contribution in [0, 0.1) is 11.6 Å². The molecule has 132 valence electrons. The number of benzene rings is 2. The van der Waals surface area contributed by atoms with Crippen molar-refractivity contribution in [1.29, 1.82) is 0 Å². The number of fused-ring (bicyclic) bond motifs is 1. The summed E-state index contributed by atoms with van der Waals surface area (Å²) in [5, 5.41) is 0.634. The summed E-state index contributed by atoms with van der Waals surface area (Å²) in [6.07, 6.45) is 1.79. The summed E-state index contributed by atoms with van der Waals surface area (Å²) in [7, 11) is 0. The molecule has 0 aliphatic carbocycles. The van der Waals surface area contributed by atoms with Gasteiger partial charge in [0.1, 0.15) is 0 Å². The summed E-state index contributed by atoms with van der Waals surface area (Å²) in [6.45, 7) is 0.397. The number of rotatable bonds is 4. The SMILES string of the molecule is O=C1CSC(=O)N1Cc1cccc2c1ccn2Cc1cccc(F)c1F. The molecular weight excluding hydrogens is 358 g/mol. The Kier molecular flexibility index (Phi) is 4.24. The summed E-state index contributed by atoms with van der Waals surface area (Å²) in [5.41, 5.74) is 1.93. The van der Waals surface area contributed by atoms with E-state index in [0.717, 1.165) is 34.3 Å². The molecule has 2 heterocycles. The van der Waals surface area contributed by atoms with E-state index < -0.39 is 11.6 Å². The lowest BCUT2D eigenvalue weighted by atomic mass is 10.1. The quantitative estimate of drug-likeness (QED) is 0.691. The zero-order chi connectivity index (χ0) is 18.3. The maximum atomic E-state index is 14.0. The average Bonchev–Trinajstić information content (AvgIpc) is 3.18. The normalized spacial score (nSPS) is 14.6. The zero-order valence-corrected chi connectivity index (χ0v) is 14.4. The van der Waals surface area contributed by atoms with Gasteiger partial charge in [0, 0.05) is 22.7 Å². The Hall–Kier alpha value is -2.67. The molecule has 0 saturated carbocycles. The number of thioether (sulfide) groups is 1. The highest BCUT2D eigenvalue weighted by Crippen LogP contribution is 2.27. The number of amides is 2. The summed E-state index contributed by atoms with van der Waals surface area (Å²) in [6, 6.07) is 11.5. The van der Waals surface area contributed by atoms with Gasteiger partial charge in [-0.15, -0.1) is 0 Å². The van der Waals surface area contributed by atoms with Gasteiger partial charge in [0.15, 0.2) is 11.6 Å². The number of nitrogens with zero attached hydrogens (tertiary/aromatic N) is 2. The van der Waals surface area contributed by atoms with E-state index in [0.29, 0.717) is 0 Å². The minimum atomic E-state index is -0.872. The van der Waals surface area contributed by atoms with Crippen LogP contribution in [0.4, 0.5) is 13.6 Å². The lowest BCUT2D eigenvalue weighted by Gasteiger charge is -2.14. The largest absolute Gasteiger partial charge is 0.343 e. The van der Waals surface area contributed by atoms with Gasteiger partial charge in [0.25, 0.3) is 5.24 Å². The molecule has 1 aromatic heterocycles. The zero-order valence-electron chi connectivity index (χ0n) is 13.6. The van der Waals surface area contributed by atoms with Gasteiger partial charge < -0.3 is 4.57 Å². The molecule has 4 nitrogen and oxygen atoms in total. The van der Waals surface area contributed by atoms with E-state index in [1.54, 1.807) is 12.3 Å². The molecule has 1 fully saturated rings. The van der Waals surface area contributed by atoms with Crippen molar-refractivity contribution in [2.75, 3.05) is 5.75 Å². The molecule has 0 radical (unpaired) electrons. The van der Waals surface area contributed by atoms with Gasteiger partial charge in [-0.2, -0.15) is 0 Å². The van der Waals surface area contributed by atoms with Crippen molar-refractivity contribution in [3.63, 3.8) is 0 Å². The first kappa shape index (κ1) is 16.8. The highest BCUT2D eigenvalue weighted by Gasteiger charge is 2.30. The van der Waals surface area contributed by atoms with E-state index in [1.165, 1.54) is 11.0 Å². The minimum Gasteiger partial charge on any atom is -0.343 e. The fourth-order valence-electron chi connectivity index (χ4n) is 3.12. The first-order valence-corrected chi connectivity index (χ1v) is 9.00. The molecule has 1 aliphatic rings. The van der Waals surface area contributed by atoms with Crippen LogP contribution < -0.4 is 0 Å². The summed E-state index contributed by atoms with van der Waals surface area (Å²) in [4.78, 5) is 24.9. The van der Waals surface area contributed by atoms with Crippen molar-refractivity contribution in [2.24, 2.45) is 0 Å². The van der Waals surface area contributed by atoms with Crippen LogP contribution in [-0.4, -0.2) is 26.4 Å². The van der Waals surface area contributed by atoms with E-state index in [1.807, 2.05) is 28.8 Å². The molecule has 0 atom stereocenters. The third-order valence-electron chi connectivity index (χ3n) is 4.45. The van der Waals surface area contributed by atoms with Gasteiger partial charge in [-0.1, -0.05) is 36.0 Å². The lowest BCUT2D eigenvalue weighted by Crippen LogP contribution is -2.27. The van der Waals surface area contributed by atoms with Gasteiger partial charge >= 0.3 is 0 Å². The van der Waals surface area contributed by atoms with E-state index in [-0.39, 0.29) is 35.6 Å². The van der Waals surface area contributed by atoms with Crippen molar-refractivity contribution >= 4 is 33.8 Å². The van der Waals surface area contributed by atoms with Gasteiger partial charge in [-0.25, -0.2) is 8.78 Å². The van der Waals surface area contributed by atoms with Gasteiger partial charge in [-0.05, 0) is 23.8 Å². The van der Waals surface area contributed by atoms with Gasteiger partial charge in [-0.3, -0.25) is 14.5 Å². The Labute approximate surface area is 152 Å². The molecule has 26 heavy (non-hydrogen) atoms. The summed E-state index contributed by atoms with van der Waals surface area (Å²) in [5.74, 6) is -1.74. The van der Waals surface area contributed by atoms with E-state index in [9.17, 15) is 18.4 Å². The van der Waals surface area contributed by atoms with Crippen LogP contribution in [0.1, 0.15) is 11.1 Å². The molecule has 3 aromatic rings. The minimum absolute atomic E-state index is 0.175. The molecule has 1 aliphatic heterocycles. The molecule has 0 spiro atoms. The molecule has 0 N–H and O–H groups in total. The topological polar surface area (TPSA) is 42.3 Å². The van der Waals surface area contributed by atoms with Crippen LogP contribution in [0.25, 0.3) is 10.9 Å². The monoisotopic (exact) mass is 372 g/mol. The first-order chi connectivity index (χ1) is 12.5. The van der Waals surface area contributed by atoms with Crippen molar-refractivity contribution in [2.45, 2.75) is 13.1 Å². The highest BCUT2D eigenvalue weighted by molar-refractivity contribution is 8.14. The summed E-state index contributed by atoms with van der Waals surface area (Å²) >= 11 is 1.00. The van der Waals surface area contributed by atoms with Crippen LogP contribution in [0.5, 0.6) is 0 Å². The van der Waals surface area contributed by atoms with Crippen LogP contribution in [0.2, 0.25) is 0 Å². The Balaban J connectivity index is 1.68. The smallest absolute Gasteiger partial charge is 0.289 e. The van der Waals surface area contributed by atoms with Gasteiger partial charge in [0.05, 0.1) is 18.8 Å². The Morgan fingerprint density at radius 1 is 0.962 bits per heavy atom. The highest BCUT2D eigenvalue weighted by atomic mass is 32.2. The second kappa shape index (κ2) is 6.57. The number of hydrogen-bond acceptors (Lipinski definition) is 3. The van der Waals surface area contributed by atoms with Crippen LogP contribution >= 0.6 is 11.8 Å². The van der Waals surface area contributed by atoms with Crippen LogP contribution in [0.15, 0.2) is 48.7 Å². The first-order valence-electron chi connectivity index (χ1n) is 8.01. The third-order valence-corrected chi connectivity index (χ3v) is 5.30. The second-order valence-electron chi connectivity index (χ2n) is 6.04. The number of carbonyl (C=O) groups is 2. The fraction of sp³-hybridized carbons (Fsp3) is 0.158. The second-order valence-corrected chi connectivity index (χ2v) is 6.97. The van der Waals surface area contributed by atoms with E-state index in [2.05, 4.69) is 0 Å². The Morgan fingerprint density at radius 2 is 1.73 bits per heavy atom. The molecule has 0 bridgehead atoms. The molecular formula is C19H14F2N2O2S. The molecule has 7 heteroatoms. The van der Waals surface area contributed by atoms with Crippen LogP contribution in [0.3, 0.4) is 0 Å². The van der Waals surface area contributed by atoms with E-state index >= 15 is 0 Å². The Bertz CT molecular complexity index is 1020. The molecule has 1 saturated heterocycles. The van der Waals surface area contributed by atoms with E-state index in [4.69, 9.17) is 0 Å². The number of halogens is 2. The predicted octanol–water partition coefficient (Wildman–Crippen LogP) is 4.16. The third kappa shape index (κ3) is 2.88. The molecule has 2 amide bonds. The number of carbonyl (C=O) groups excluding carboxylic acids is 2. The summed E-state index contributed by atoms with van der Waals surface area (Å²) < 4.78 is 29.2. The average molecular weight is 372 g/mol. The van der Waals surface area contributed by atoms with Crippen molar-refractivity contribution in [1.82, 2.24) is 9.47 Å². The van der Waals surface area contributed by atoms with Crippen molar-refractivity contribution in [3.8, 4) is 0 Å². The fourth-order valence-corrected chi connectivity index (χ4v) is 3.85. The van der Waals surface area contributed by atoms with Crippen LogP contribution in [-0.2, 0) is 17.9 Å². The predicted molar refractivity (Wildman–Crippen MR) is 95.8 cm³/mol. The number of hydrogen-bond donors (Lipinski definition) is 0. The maximum absolute atomic E-state index is 14.0. The standard InChI is InChI=1S/C19H14F2N2O2S/c20-15-5-1-4-13(18(15)21)9-22-8-7-14-12(3-2-6-16(14)22)10-23-17(24)11-26-19(23)25/h1-8H,9-11H2. The molecule has 2 aromatic carbocycles. The molecule has 0 unspecified atom stereocenters. The Morgan fingerprint density at radius 3 is 2.50 bits per heavy atom.